The fourth-order valence-corrected chi connectivity index (χ4v) is 2.52. The minimum Gasteiger partial charge on any atom is -0.508 e. The summed E-state index contributed by atoms with van der Waals surface area (Å²) in [4.78, 5) is 13.8. The third-order valence-electron chi connectivity index (χ3n) is 3.62. The molecule has 1 aliphatic rings. The Bertz CT molecular complexity index is 545. The lowest BCUT2D eigenvalue weighted by Gasteiger charge is -2.18. The number of ether oxygens (including phenoxy) is 1. The molecule has 1 atom stereocenters. The number of phenolic OH excluding ortho intramolecular Hbond substituents is 1. The third-order valence-corrected chi connectivity index (χ3v) is 3.62. The lowest BCUT2D eigenvalue weighted by Crippen LogP contribution is -2.29. The monoisotopic (exact) mass is 317 g/mol. The van der Waals surface area contributed by atoms with Crippen LogP contribution in [0.5, 0.6) is 5.75 Å². The molecule has 1 saturated heterocycles. The molecule has 2 rings (SSSR count). The second-order valence-electron chi connectivity index (χ2n) is 5.33. The number of amides is 1. The van der Waals surface area contributed by atoms with Crippen molar-refractivity contribution in [3.8, 4) is 5.75 Å². The zero-order chi connectivity index (χ0) is 16.3. The summed E-state index contributed by atoms with van der Waals surface area (Å²) in [5, 5.41) is 9.43. The number of alkyl halides is 3. The molecule has 1 amide bonds. The smallest absolute Gasteiger partial charge is 0.416 e. The lowest BCUT2D eigenvalue weighted by atomic mass is 10.1. The van der Waals surface area contributed by atoms with Crippen LogP contribution in [0.25, 0.3) is 0 Å². The molecule has 0 saturated carbocycles. The Hall–Kier alpha value is -1.76. The van der Waals surface area contributed by atoms with E-state index in [1.54, 1.807) is 0 Å². The number of benzene rings is 1. The first kappa shape index (κ1) is 16.6. The number of rotatable bonds is 4. The maximum absolute atomic E-state index is 12.7. The summed E-state index contributed by atoms with van der Waals surface area (Å²) in [5.74, 6) is -0.869. The number of carbonyl (C=O) groups excluding carboxylic acids is 1. The van der Waals surface area contributed by atoms with Crippen molar-refractivity contribution in [1.82, 2.24) is 4.90 Å². The van der Waals surface area contributed by atoms with Gasteiger partial charge in [-0.1, -0.05) is 0 Å². The number of aromatic hydroxyl groups is 1. The molecule has 122 valence electrons. The van der Waals surface area contributed by atoms with E-state index in [0.717, 1.165) is 18.6 Å². The quantitative estimate of drug-likeness (QED) is 0.929. The van der Waals surface area contributed by atoms with Crippen molar-refractivity contribution in [2.75, 3.05) is 26.3 Å². The summed E-state index contributed by atoms with van der Waals surface area (Å²) in [6, 6.07) is 2.45. The molecule has 1 N–H and O–H groups in total. The van der Waals surface area contributed by atoms with Crippen molar-refractivity contribution in [2.24, 2.45) is 5.92 Å². The van der Waals surface area contributed by atoms with Gasteiger partial charge in [0, 0.05) is 31.2 Å². The number of carbonyl (C=O) groups is 1. The van der Waals surface area contributed by atoms with Crippen molar-refractivity contribution in [3.05, 3.63) is 29.3 Å². The molecule has 4 nitrogen and oxygen atoms in total. The van der Waals surface area contributed by atoms with Gasteiger partial charge in [-0.05, 0) is 31.5 Å². The SMILES string of the molecule is CCOC[C@H]1CCN(C(=O)c2cc(O)cc(C(F)(F)F)c2)C1. The van der Waals surface area contributed by atoms with E-state index in [1.807, 2.05) is 6.92 Å². The molecule has 1 aliphatic heterocycles. The molecular formula is C15H18F3NO3. The van der Waals surface area contributed by atoms with Crippen molar-refractivity contribution in [1.29, 1.82) is 0 Å². The molecule has 1 heterocycles. The van der Waals surface area contributed by atoms with Crippen LogP contribution in [0.3, 0.4) is 0 Å². The maximum Gasteiger partial charge on any atom is 0.416 e. The highest BCUT2D eigenvalue weighted by atomic mass is 19.4. The summed E-state index contributed by atoms with van der Waals surface area (Å²) in [5.41, 5.74) is -1.18. The Morgan fingerprint density at radius 2 is 2.14 bits per heavy atom. The first-order valence-electron chi connectivity index (χ1n) is 7.09. The van der Waals surface area contributed by atoms with Gasteiger partial charge < -0.3 is 14.7 Å². The van der Waals surface area contributed by atoms with Crippen molar-refractivity contribution < 1.29 is 27.8 Å². The third kappa shape index (κ3) is 3.91. The van der Waals surface area contributed by atoms with E-state index in [-0.39, 0.29) is 11.5 Å². The molecule has 0 aromatic heterocycles. The van der Waals surface area contributed by atoms with Gasteiger partial charge in [-0.25, -0.2) is 0 Å². The van der Waals surface area contributed by atoms with Crippen LogP contribution in [0.2, 0.25) is 0 Å². The Kier molecular flexibility index (Phi) is 4.95. The van der Waals surface area contributed by atoms with Crippen molar-refractivity contribution in [2.45, 2.75) is 19.5 Å². The van der Waals surface area contributed by atoms with Crippen LogP contribution < -0.4 is 0 Å². The van der Waals surface area contributed by atoms with Crippen LogP contribution in [0.4, 0.5) is 13.2 Å². The maximum atomic E-state index is 12.7. The number of nitrogens with zero attached hydrogens (tertiary/aromatic N) is 1. The topological polar surface area (TPSA) is 49.8 Å². The van der Waals surface area contributed by atoms with E-state index < -0.39 is 23.4 Å². The highest BCUT2D eigenvalue weighted by molar-refractivity contribution is 5.95. The van der Waals surface area contributed by atoms with Gasteiger partial charge in [0.25, 0.3) is 5.91 Å². The Morgan fingerprint density at radius 1 is 1.41 bits per heavy atom. The first-order valence-corrected chi connectivity index (χ1v) is 7.09. The highest BCUT2D eigenvalue weighted by Gasteiger charge is 2.33. The van der Waals surface area contributed by atoms with E-state index in [1.165, 1.54) is 4.90 Å². The van der Waals surface area contributed by atoms with Gasteiger partial charge in [-0.15, -0.1) is 0 Å². The summed E-state index contributed by atoms with van der Waals surface area (Å²) < 4.78 is 43.5. The molecule has 0 bridgehead atoms. The zero-order valence-electron chi connectivity index (χ0n) is 12.2. The average Bonchev–Trinajstić information content (AvgIpc) is 2.91. The van der Waals surface area contributed by atoms with E-state index >= 15 is 0 Å². The minimum absolute atomic E-state index is 0.149. The molecule has 7 heteroatoms. The lowest BCUT2D eigenvalue weighted by molar-refractivity contribution is -0.137. The molecule has 1 aromatic rings. The number of hydrogen-bond acceptors (Lipinski definition) is 3. The molecule has 0 unspecified atom stereocenters. The van der Waals surface area contributed by atoms with E-state index in [0.29, 0.717) is 32.4 Å². The Morgan fingerprint density at radius 3 is 2.77 bits per heavy atom. The summed E-state index contributed by atoms with van der Waals surface area (Å²) in [7, 11) is 0. The van der Waals surface area contributed by atoms with E-state index in [4.69, 9.17) is 4.74 Å². The average molecular weight is 317 g/mol. The van der Waals surface area contributed by atoms with Crippen LogP contribution in [0.1, 0.15) is 29.3 Å². The normalized spacial score (nSPS) is 18.7. The van der Waals surface area contributed by atoms with Gasteiger partial charge in [0.2, 0.25) is 0 Å². The molecule has 0 radical (unpaired) electrons. The van der Waals surface area contributed by atoms with Crippen LogP contribution in [0.15, 0.2) is 18.2 Å². The Balaban J connectivity index is 2.12. The second kappa shape index (κ2) is 6.56. The zero-order valence-corrected chi connectivity index (χ0v) is 12.2. The molecule has 1 fully saturated rings. The number of halogens is 3. The van der Waals surface area contributed by atoms with Gasteiger partial charge in [-0.3, -0.25) is 4.79 Å². The molecule has 22 heavy (non-hydrogen) atoms. The number of hydrogen-bond donors (Lipinski definition) is 1. The Labute approximate surface area is 126 Å². The molecule has 0 aliphatic carbocycles. The first-order chi connectivity index (χ1) is 10.3. The van der Waals surface area contributed by atoms with E-state index in [2.05, 4.69) is 0 Å². The predicted molar refractivity (Wildman–Crippen MR) is 73.6 cm³/mol. The molecule has 1 aromatic carbocycles. The van der Waals surface area contributed by atoms with Gasteiger partial charge in [-0.2, -0.15) is 13.2 Å². The fraction of sp³-hybridized carbons (Fsp3) is 0.533. The van der Waals surface area contributed by atoms with Gasteiger partial charge in [0.15, 0.2) is 0 Å². The van der Waals surface area contributed by atoms with Gasteiger partial charge in [0.1, 0.15) is 5.75 Å². The second-order valence-corrected chi connectivity index (χ2v) is 5.33. The largest absolute Gasteiger partial charge is 0.508 e. The summed E-state index contributed by atoms with van der Waals surface area (Å²) >= 11 is 0. The van der Waals surface area contributed by atoms with Crippen molar-refractivity contribution >= 4 is 5.91 Å². The van der Waals surface area contributed by atoms with Crippen LogP contribution in [0, 0.1) is 5.92 Å². The number of phenols is 1. The highest BCUT2D eigenvalue weighted by Crippen LogP contribution is 2.33. The van der Waals surface area contributed by atoms with E-state index in [9.17, 15) is 23.1 Å². The molecular weight excluding hydrogens is 299 g/mol. The standard InChI is InChI=1S/C15H18F3NO3/c1-2-22-9-10-3-4-19(8-10)14(21)11-5-12(15(16,17)18)7-13(20)6-11/h5-7,10,20H,2-4,8-9H2,1H3/t10-/m0/s1. The summed E-state index contributed by atoms with van der Waals surface area (Å²) in [6.07, 6.45) is -3.84. The molecule has 0 spiro atoms. The minimum atomic E-state index is -4.60. The van der Waals surface area contributed by atoms with Crippen LogP contribution in [-0.2, 0) is 10.9 Å². The van der Waals surface area contributed by atoms with Crippen LogP contribution >= 0.6 is 0 Å². The fourth-order valence-electron chi connectivity index (χ4n) is 2.52. The van der Waals surface area contributed by atoms with Crippen molar-refractivity contribution in [3.63, 3.8) is 0 Å². The summed E-state index contributed by atoms with van der Waals surface area (Å²) in [6.45, 7) is 3.94. The van der Waals surface area contributed by atoms with Crippen LogP contribution in [-0.4, -0.2) is 42.2 Å². The van der Waals surface area contributed by atoms with Gasteiger partial charge >= 0.3 is 6.18 Å². The number of likely N-dealkylation sites (tertiary alicyclic amines) is 1. The van der Waals surface area contributed by atoms with Gasteiger partial charge in [0.05, 0.1) is 12.2 Å². The predicted octanol–water partition coefficient (Wildman–Crippen LogP) is 2.91.